The van der Waals surface area contributed by atoms with E-state index < -0.39 is 0 Å². The van der Waals surface area contributed by atoms with Gasteiger partial charge in [-0.1, -0.05) is 23.7 Å². The van der Waals surface area contributed by atoms with Crippen molar-refractivity contribution in [2.24, 2.45) is 0 Å². The number of ketones is 1. The van der Waals surface area contributed by atoms with Crippen LogP contribution in [0.15, 0.2) is 42.5 Å². The monoisotopic (exact) mass is 284 g/mol. The van der Waals surface area contributed by atoms with Gasteiger partial charge in [-0.3, -0.25) is 4.79 Å². The molecule has 0 saturated carbocycles. The lowest BCUT2D eigenvalue weighted by atomic mass is 10.1. The van der Waals surface area contributed by atoms with Crippen LogP contribution in [0.25, 0.3) is 16.7 Å². The largest absolute Gasteiger partial charge is 0.318 e. The maximum absolute atomic E-state index is 12.5. The standard InChI is InChI=1S/C14H7ClN3O2/c15-8-5-6-12-10(7-8)16-14-13(19)9-3-1-2-4-11(9)17(14)18(12)20/h1-7H/q+1. The van der Waals surface area contributed by atoms with Crippen LogP contribution in [-0.2, 0) is 0 Å². The summed E-state index contributed by atoms with van der Waals surface area (Å²) in [6.45, 7) is 0. The zero-order valence-corrected chi connectivity index (χ0v) is 10.8. The van der Waals surface area contributed by atoms with Gasteiger partial charge in [0.15, 0.2) is 4.54 Å². The van der Waals surface area contributed by atoms with E-state index in [-0.39, 0.29) is 11.6 Å². The summed E-state index contributed by atoms with van der Waals surface area (Å²) in [5.74, 6) is -0.150. The van der Waals surface area contributed by atoms with Gasteiger partial charge in [0, 0.05) is 11.1 Å². The lowest BCUT2D eigenvalue weighted by molar-refractivity contribution is -0.559. The van der Waals surface area contributed by atoms with Gasteiger partial charge >= 0.3 is 5.52 Å². The summed E-state index contributed by atoms with van der Waals surface area (Å²) in [7, 11) is 0. The summed E-state index contributed by atoms with van der Waals surface area (Å²) in [6.07, 6.45) is 0. The number of aromatic nitrogens is 3. The lowest BCUT2D eigenvalue weighted by Crippen LogP contribution is -2.32. The van der Waals surface area contributed by atoms with Gasteiger partial charge in [-0.05, 0) is 28.9 Å². The Morgan fingerprint density at radius 1 is 1.15 bits per heavy atom. The molecular formula is C14H7ClN3O2+. The van der Waals surface area contributed by atoms with E-state index in [1.807, 2.05) is 0 Å². The molecule has 2 aromatic carbocycles. The van der Waals surface area contributed by atoms with E-state index in [1.165, 1.54) is 4.68 Å². The normalized spacial score (nSPS) is 12.6. The van der Waals surface area contributed by atoms with E-state index in [0.717, 1.165) is 0 Å². The SMILES string of the molecule is O=C1c2ccccc2-n2c1nc1cc(Cl)ccc1[n+]2=O. The highest BCUT2D eigenvalue weighted by molar-refractivity contribution is 6.31. The average molecular weight is 285 g/mol. The summed E-state index contributed by atoms with van der Waals surface area (Å²) in [5, 5.41) is 0.470. The number of nitrogens with zero attached hydrogens (tertiary/aromatic N) is 3. The molecule has 0 radical (unpaired) electrons. The molecular weight excluding hydrogens is 278 g/mol. The number of fused-ring (bicyclic) bond motifs is 4. The van der Waals surface area contributed by atoms with Crippen molar-refractivity contribution in [1.29, 1.82) is 0 Å². The maximum atomic E-state index is 12.5. The van der Waals surface area contributed by atoms with Crippen molar-refractivity contribution >= 4 is 28.4 Å². The van der Waals surface area contributed by atoms with Crippen molar-refractivity contribution in [3.05, 3.63) is 63.8 Å². The van der Waals surface area contributed by atoms with Crippen LogP contribution < -0.4 is 4.54 Å². The fraction of sp³-hybridized carbons (Fsp3) is 0. The van der Waals surface area contributed by atoms with Gasteiger partial charge in [-0.15, -0.1) is 0 Å². The van der Waals surface area contributed by atoms with Crippen LogP contribution in [0.5, 0.6) is 0 Å². The van der Waals surface area contributed by atoms with Crippen LogP contribution in [0.4, 0.5) is 0 Å². The molecule has 0 saturated heterocycles. The fourth-order valence-electron chi connectivity index (χ4n) is 2.43. The summed E-state index contributed by atoms with van der Waals surface area (Å²) >= 11 is 5.90. The van der Waals surface area contributed by atoms with Crippen LogP contribution in [-0.4, -0.2) is 15.4 Å². The first-order valence-electron chi connectivity index (χ1n) is 5.96. The number of benzene rings is 2. The van der Waals surface area contributed by atoms with Crippen molar-refractivity contribution < 1.29 is 9.34 Å². The Kier molecular flexibility index (Phi) is 2.11. The number of carbonyl (C=O) groups is 1. The molecule has 0 aliphatic carbocycles. The molecule has 1 aromatic heterocycles. The maximum Gasteiger partial charge on any atom is 0.318 e. The van der Waals surface area contributed by atoms with Gasteiger partial charge < -0.3 is 0 Å². The first kappa shape index (κ1) is 11.3. The van der Waals surface area contributed by atoms with Gasteiger partial charge in [0.05, 0.1) is 10.5 Å². The molecule has 2 heterocycles. The summed E-state index contributed by atoms with van der Waals surface area (Å²) in [6, 6.07) is 11.7. The first-order valence-corrected chi connectivity index (χ1v) is 6.34. The van der Waals surface area contributed by atoms with Crippen molar-refractivity contribution in [2.75, 3.05) is 0 Å². The van der Waals surface area contributed by atoms with E-state index >= 15 is 0 Å². The number of halogens is 1. The molecule has 96 valence electrons. The number of rotatable bonds is 0. The number of carbonyl (C=O) groups excluding carboxylic acids is 1. The molecule has 1 aliphatic heterocycles. The third-order valence-corrected chi connectivity index (χ3v) is 3.57. The first-order chi connectivity index (χ1) is 9.66. The average Bonchev–Trinajstić information content (AvgIpc) is 2.73. The Bertz CT molecular complexity index is 962. The van der Waals surface area contributed by atoms with Gasteiger partial charge in [-0.25, -0.2) is 4.98 Å². The predicted octanol–water partition coefficient (Wildman–Crippen LogP) is 2.14. The molecule has 0 unspecified atom stereocenters. The highest BCUT2D eigenvalue weighted by Gasteiger charge is 2.35. The number of para-hydroxylation sites is 1. The Morgan fingerprint density at radius 2 is 1.95 bits per heavy atom. The lowest BCUT2D eigenvalue weighted by Gasteiger charge is -1.97. The van der Waals surface area contributed by atoms with Crippen molar-refractivity contribution in [1.82, 2.24) is 9.67 Å². The van der Waals surface area contributed by atoms with Crippen LogP contribution >= 0.6 is 11.6 Å². The third-order valence-electron chi connectivity index (χ3n) is 3.33. The smallest absolute Gasteiger partial charge is 0.285 e. The minimum atomic E-state index is -0.257. The quantitative estimate of drug-likeness (QED) is 0.465. The van der Waals surface area contributed by atoms with E-state index in [4.69, 9.17) is 11.6 Å². The number of hydrogen-bond donors (Lipinski definition) is 0. The van der Waals surface area contributed by atoms with Gasteiger partial charge in [-0.2, -0.15) is 0 Å². The van der Waals surface area contributed by atoms with E-state index in [0.29, 0.717) is 31.8 Å². The molecule has 20 heavy (non-hydrogen) atoms. The molecule has 0 amide bonds. The minimum Gasteiger partial charge on any atom is -0.285 e. The zero-order chi connectivity index (χ0) is 13.9. The Hall–Kier alpha value is -2.53. The Morgan fingerprint density at radius 3 is 2.80 bits per heavy atom. The van der Waals surface area contributed by atoms with Crippen LogP contribution in [0.2, 0.25) is 5.02 Å². The number of hydrogen-bond acceptors (Lipinski definition) is 3. The van der Waals surface area contributed by atoms with Gasteiger partial charge in [0.1, 0.15) is 11.2 Å². The van der Waals surface area contributed by atoms with Crippen molar-refractivity contribution in [2.45, 2.75) is 0 Å². The minimum absolute atomic E-state index is 0.107. The molecule has 4 rings (SSSR count). The topological polar surface area (TPSA) is 57.9 Å². The van der Waals surface area contributed by atoms with E-state index in [1.54, 1.807) is 42.5 Å². The highest BCUT2D eigenvalue weighted by atomic mass is 35.5. The molecule has 0 N–H and O–H groups in total. The molecule has 0 atom stereocenters. The Labute approximate surface area is 117 Å². The van der Waals surface area contributed by atoms with Crippen LogP contribution in [0.3, 0.4) is 0 Å². The molecule has 6 heteroatoms. The van der Waals surface area contributed by atoms with Crippen LogP contribution in [0.1, 0.15) is 16.2 Å². The van der Waals surface area contributed by atoms with E-state index in [9.17, 15) is 9.70 Å². The fourth-order valence-corrected chi connectivity index (χ4v) is 2.60. The predicted molar refractivity (Wildman–Crippen MR) is 72.9 cm³/mol. The summed E-state index contributed by atoms with van der Waals surface area (Å²) < 4.78 is 1.96. The van der Waals surface area contributed by atoms with Gasteiger partial charge in [0.2, 0.25) is 11.6 Å². The second kappa shape index (κ2) is 3.74. The van der Waals surface area contributed by atoms with E-state index in [2.05, 4.69) is 4.98 Å². The molecule has 5 nitrogen and oxygen atoms in total. The Balaban J connectivity index is 2.21. The molecule has 0 bridgehead atoms. The molecule has 0 spiro atoms. The van der Waals surface area contributed by atoms with Crippen molar-refractivity contribution in [3.63, 3.8) is 0 Å². The van der Waals surface area contributed by atoms with Crippen molar-refractivity contribution in [3.8, 4) is 5.69 Å². The zero-order valence-electron chi connectivity index (χ0n) is 10.1. The van der Waals surface area contributed by atoms with Crippen LogP contribution in [0, 0.1) is 4.91 Å². The molecule has 1 aliphatic rings. The third kappa shape index (κ3) is 1.32. The highest BCUT2D eigenvalue weighted by Crippen LogP contribution is 2.25. The molecule has 0 fully saturated rings. The summed E-state index contributed by atoms with van der Waals surface area (Å²) in [4.78, 5) is 29.1. The summed E-state index contributed by atoms with van der Waals surface area (Å²) in [5.41, 5.74) is 1.79. The van der Waals surface area contributed by atoms with Gasteiger partial charge in [0.25, 0.3) is 0 Å². The second-order valence-corrected chi connectivity index (χ2v) is 4.94. The second-order valence-electron chi connectivity index (χ2n) is 4.50. The molecule has 3 aromatic rings.